The van der Waals surface area contributed by atoms with E-state index in [1.807, 2.05) is 6.07 Å². The summed E-state index contributed by atoms with van der Waals surface area (Å²) in [7, 11) is 0. The first kappa shape index (κ1) is 28.6. The normalized spacial score (nSPS) is 29.8. The van der Waals surface area contributed by atoms with Crippen LogP contribution in [0, 0.1) is 17.3 Å². The zero-order chi connectivity index (χ0) is 25.5. The summed E-state index contributed by atoms with van der Waals surface area (Å²) in [6.45, 7) is 4.18. The van der Waals surface area contributed by atoms with Crippen LogP contribution >= 0.6 is 0 Å². The molecule has 36 heavy (non-hydrogen) atoms. The van der Waals surface area contributed by atoms with Gasteiger partial charge >= 0.3 is 47.5 Å². The first-order valence-corrected chi connectivity index (χ1v) is 12.1. The molecule has 2 saturated carbocycles. The van der Waals surface area contributed by atoms with Gasteiger partial charge in [-0.1, -0.05) is 13.0 Å². The number of aliphatic hydroxyl groups excluding tert-OH is 1. The quantitative estimate of drug-likeness (QED) is 0.273. The molecule has 0 saturated heterocycles. The number of ether oxygens (including phenoxy) is 3. The summed E-state index contributed by atoms with van der Waals surface area (Å²) in [5.41, 5.74) is 2.25. The Morgan fingerprint density at radius 2 is 1.69 bits per heavy atom. The van der Waals surface area contributed by atoms with Crippen molar-refractivity contribution in [2.75, 3.05) is 0 Å². The fraction of sp³-hybridized carbons (Fsp3) is 0.615. The van der Waals surface area contributed by atoms with Gasteiger partial charge in [-0.15, -0.1) is 0 Å². The number of rotatable bonds is 6. The number of aliphatic carboxylic acids is 1. The summed E-state index contributed by atoms with van der Waals surface area (Å²) in [5, 5.41) is 22.0. The van der Waals surface area contributed by atoms with Crippen LogP contribution in [0.3, 0.4) is 0 Å². The Morgan fingerprint density at radius 1 is 1.03 bits per heavy atom. The van der Waals surface area contributed by atoms with E-state index < -0.39 is 36.1 Å². The molecule has 0 heterocycles. The summed E-state index contributed by atoms with van der Waals surface area (Å²) in [6.07, 6.45) is 1.26. The molecule has 0 bridgehead atoms. The third kappa shape index (κ3) is 5.49. The topological polar surface area (TPSA) is 139 Å². The average Bonchev–Trinajstić information content (AvgIpc) is 3.09. The van der Waals surface area contributed by atoms with E-state index in [4.69, 9.17) is 9.47 Å². The van der Waals surface area contributed by atoms with Gasteiger partial charge in [-0.2, -0.15) is 0 Å². The Kier molecular flexibility index (Phi) is 8.91. The number of carbonyl (C=O) groups excluding carboxylic acids is 4. The second kappa shape index (κ2) is 11.2. The van der Waals surface area contributed by atoms with Crippen LogP contribution in [0.2, 0.25) is 0 Å². The number of benzene rings is 1. The molecular weight excluding hydrogens is 479 g/mol. The second-order valence-corrected chi connectivity index (χ2v) is 10.2. The molecule has 3 unspecified atom stereocenters. The van der Waals surface area contributed by atoms with Gasteiger partial charge in [0.15, 0.2) is 6.10 Å². The van der Waals surface area contributed by atoms with Crippen LogP contribution in [0.5, 0.6) is 5.75 Å². The molecule has 1 aromatic carbocycles. The Hall–Kier alpha value is -1.94. The predicted octanol–water partition coefficient (Wildman–Crippen LogP) is -1.57. The number of carboxylic acids is 1. The Morgan fingerprint density at radius 3 is 2.33 bits per heavy atom. The van der Waals surface area contributed by atoms with Gasteiger partial charge in [0.2, 0.25) is 6.10 Å². The van der Waals surface area contributed by atoms with Gasteiger partial charge in [-0.05, 0) is 85.0 Å². The standard InChI is InChI=1S/C26H32O9.Na/c1-13(27)33-22(24(30)31)23(34-14(2)28)25(32)35-16-5-7-17-15(12-16)4-6-19-18(17)10-11-26(3)20(19)8-9-21(26)29;/h5,7,12,18-23,29H,4,6,8-11H2,1-3H3,(H,30,31);/q;+1/p-1/t18?,19?,20?,21-,22-,23+,26-;/m0./s1. The van der Waals surface area contributed by atoms with Crippen molar-refractivity contribution in [3.05, 3.63) is 29.3 Å². The van der Waals surface area contributed by atoms with Gasteiger partial charge in [0.1, 0.15) is 5.75 Å². The molecule has 1 aromatic rings. The van der Waals surface area contributed by atoms with E-state index in [2.05, 4.69) is 11.7 Å². The number of esters is 3. The number of carbonyl (C=O) groups is 4. The third-order valence-electron chi connectivity index (χ3n) is 8.19. The van der Waals surface area contributed by atoms with E-state index in [-0.39, 0.29) is 46.8 Å². The summed E-state index contributed by atoms with van der Waals surface area (Å²) in [6, 6.07) is 5.33. The molecule has 0 aliphatic heterocycles. The largest absolute Gasteiger partial charge is 1.00 e. The van der Waals surface area contributed by atoms with Crippen molar-refractivity contribution in [1.29, 1.82) is 0 Å². The molecule has 1 N–H and O–H groups in total. The van der Waals surface area contributed by atoms with Gasteiger partial charge in [0.25, 0.3) is 0 Å². The SMILES string of the molecule is CC(=O)O[C@H](C(=O)[O-])[C@@H](OC(C)=O)C(=O)Oc1ccc2c(c1)CCC1C2CC[C@@]2(C)C1CC[C@@H]2O.[Na+]. The smallest absolute Gasteiger partial charge is 0.546 e. The maximum Gasteiger partial charge on any atom is 1.00 e. The Balaban J connectivity index is 0.00000361. The van der Waals surface area contributed by atoms with Crippen molar-refractivity contribution in [3.63, 3.8) is 0 Å². The van der Waals surface area contributed by atoms with Gasteiger partial charge in [-0.3, -0.25) is 9.59 Å². The first-order valence-electron chi connectivity index (χ1n) is 12.1. The van der Waals surface area contributed by atoms with Crippen molar-refractivity contribution in [3.8, 4) is 5.75 Å². The van der Waals surface area contributed by atoms with Crippen LogP contribution in [0.1, 0.15) is 69.9 Å². The van der Waals surface area contributed by atoms with Gasteiger partial charge < -0.3 is 29.2 Å². The van der Waals surface area contributed by atoms with E-state index in [0.717, 1.165) is 57.9 Å². The van der Waals surface area contributed by atoms with Gasteiger partial charge in [0.05, 0.1) is 12.1 Å². The van der Waals surface area contributed by atoms with Gasteiger partial charge in [0, 0.05) is 13.8 Å². The Labute approximate surface area is 232 Å². The molecule has 7 atom stereocenters. The fourth-order valence-electron chi connectivity index (χ4n) is 6.59. The molecule has 3 aliphatic rings. The second-order valence-electron chi connectivity index (χ2n) is 10.2. The van der Waals surface area contributed by atoms with Crippen molar-refractivity contribution >= 4 is 23.9 Å². The van der Waals surface area contributed by atoms with Crippen molar-refractivity contribution in [2.24, 2.45) is 17.3 Å². The molecular formula is C26H31NaO9. The molecule has 9 nitrogen and oxygen atoms in total. The number of aryl methyl sites for hydroxylation is 1. The summed E-state index contributed by atoms with van der Waals surface area (Å²) in [4.78, 5) is 47.0. The summed E-state index contributed by atoms with van der Waals surface area (Å²) >= 11 is 0. The maximum atomic E-state index is 12.8. The van der Waals surface area contributed by atoms with E-state index in [9.17, 15) is 29.4 Å². The molecule has 10 heteroatoms. The third-order valence-corrected chi connectivity index (χ3v) is 8.19. The van der Waals surface area contributed by atoms with E-state index >= 15 is 0 Å². The Bertz CT molecular complexity index is 1040. The van der Waals surface area contributed by atoms with Crippen molar-refractivity contribution < 1.29 is 73.2 Å². The minimum atomic E-state index is -2.14. The fourth-order valence-corrected chi connectivity index (χ4v) is 6.59. The van der Waals surface area contributed by atoms with Crippen LogP contribution in [0.15, 0.2) is 18.2 Å². The van der Waals surface area contributed by atoms with E-state index in [0.29, 0.717) is 17.8 Å². The van der Waals surface area contributed by atoms with Crippen LogP contribution in [-0.2, 0) is 35.1 Å². The molecule has 0 amide bonds. The molecule has 0 spiro atoms. The number of carboxylic acid groups (broad SMARTS) is 1. The molecule has 0 radical (unpaired) electrons. The van der Waals surface area contributed by atoms with Crippen molar-refractivity contribution in [1.82, 2.24) is 0 Å². The molecule has 4 rings (SSSR count). The zero-order valence-corrected chi connectivity index (χ0v) is 23.2. The maximum absolute atomic E-state index is 12.8. The minimum Gasteiger partial charge on any atom is -0.546 e. The molecule has 2 fully saturated rings. The zero-order valence-electron chi connectivity index (χ0n) is 21.2. The summed E-state index contributed by atoms with van der Waals surface area (Å²) in [5.74, 6) is -3.43. The summed E-state index contributed by atoms with van der Waals surface area (Å²) < 4.78 is 14.8. The molecule has 0 aromatic heterocycles. The number of aliphatic hydroxyl groups is 1. The van der Waals surface area contributed by atoms with E-state index in [1.54, 1.807) is 12.1 Å². The van der Waals surface area contributed by atoms with Crippen molar-refractivity contribution in [2.45, 2.75) is 83.5 Å². The van der Waals surface area contributed by atoms with Crippen LogP contribution in [0.4, 0.5) is 0 Å². The number of hydrogen-bond donors (Lipinski definition) is 1. The monoisotopic (exact) mass is 510 g/mol. The van der Waals surface area contributed by atoms with Crippen LogP contribution in [0.25, 0.3) is 0 Å². The number of fused-ring (bicyclic) bond motifs is 5. The number of hydrogen-bond acceptors (Lipinski definition) is 9. The molecule has 3 aliphatic carbocycles. The average molecular weight is 511 g/mol. The molecule has 190 valence electrons. The van der Waals surface area contributed by atoms with Crippen LogP contribution in [-0.4, -0.2) is 47.3 Å². The first-order chi connectivity index (χ1) is 16.5. The van der Waals surface area contributed by atoms with E-state index in [1.165, 1.54) is 5.56 Å². The predicted molar refractivity (Wildman–Crippen MR) is 119 cm³/mol. The van der Waals surface area contributed by atoms with Gasteiger partial charge in [-0.25, -0.2) is 4.79 Å². The van der Waals surface area contributed by atoms with Crippen LogP contribution < -0.4 is 39.4 Å². The minimum absolute atomic E-state index is 0.